The Balaban J connectivity index is 4.30. The maximum absolute atomic E-state index is 12.8. The number of carboxylic acids is 1. The predicted octanol–water partition coefficient (Wildman–Crippen LogP) is 16.3. The minimum atomic E-state index is -0.883. The van der Waals surface area contributed by atoms with Crippen LogP contribution in [0.15, 0.2) is 72.9 Å². The van der Waals surface area contributed by atoms with Crippen molar-refractivity contribution in [1.82, 2.24) is 0 Å². The lowest BCUT2D eigenvalue weighted by atomic mass is 10.0. The lowest BCUT2D eigenvalue weighted by Crippen LogP contribution is -2.50. The Morgan fingerprint density at radius 3 is 1.24 bits per heavy atom. The molecule has 0 saturated heterocycles. The molecule has 0 aliphatic heterocycles. The molecule has 0 aromatic rings. The average molecular weight is 939 g/mol. The van der Waals surface area contributed by atoms with Gasteiger partial charge in [-0.3, -0.25) is 9.59 Å². The first-order valence-corrected chi connectivity index (χ1v) is 27.5. The number of aliphatic carboxylic acids is 1. The predicted molar refractivity (Wildman–Crippen MR) is 284 cm³/mol. The normalized spacial score (nSPS) is 13.4. The van der Waals surface area contributed by atoms with Crippen molar-refractivity contribution in [1.29, 1.82) is 0 Å². The number of carbonyl (C=O) groups excluding carboxylic acids is 2. The van der Waals surface area contributed by atoms with E-state index in [0.29, 0.717) is 19.3 Å². The SMILES string of the molecule is CCCCC/C=C/C/C=C/C/C=C/C/C=C/C/C=C/CCCCC(=O)OC(COCCC(C(=O)O)[N+](C)(C)C)COC(=O)CCCCCCCCC/C=C/CCCCCCCCCCCCC. The van der Waals surface area contributed by atoms with Crippen LogP contribution in [0.25, 0.3) is 0 Å². The van der Waals surface area contributed by atoms with Crippen molar-refractivity contribution >= 4 is 17.9 Å². The van der Waals surface area contributed by atoms with Crippen LogP contribution in [0.2, 0.25) is 0 Å². The number of likely N-dealkylation sites (N-methyl/N-ethyl adjacent to an activating group) is 1. The Morgan fingerprint density at radius 1 is 0.448 bits per heavy atom. The maximum atomic E-state index is 12.8. The van der Waals surface area contributed by atoms with E-state index in [2.05, 4.69) is 86.8 Å². The minimum absolute atomic E-state index is 0.0396. The monoisotopic (exact) mass is 939 g/mol. The van der Waals surface area contributed by atoms with Gasteiger partial charge in [0.1, 0.15) is 6.61 Å². The average Bonchev–Trinajstić information content (AvgIpc) is 3.29. The Bertz CT molecular complexity index is 1320. The molecule has 2 unspecified atom stereocenters. The number of nitrogens with zero attached hydrogens (tertiary/aromatic N) is 1. The van der Waals surface area contributed by atoms with Crippen molar-refractivity contribution in [3.05, 3.63) is 72.9 Å². The van der Waals surface area contributed by atoms with Gasteiger partial charge in [-0.2, -0.15) is 0 Å². The Kier molecular flexibility index (Phi) is 46.8. The maximum Gasteiger partial charge on any atom is 0.362 e. The molecule has 386 valence electrons. The van der Waals surface area contributed by atoms with E-state index in [1.807, 2.05) is 21.1 Å². The molecule has 0 radical (unpaired) electrons. The third-order valence-corrected chi connectivity index (χ3v) is 12.1. The van der Waals surface area contributed by atoms with Gasteiger partial charge in [-0.15, -0.1) is 0 Å². The van der Waals surface area contributed by atoms with Gasteiger partial charge in [0.15, 0.2) is 12.1 Å². The summed E-state index contributed by atoms with van der Waals surface area (Å²) in [5, 5.41) is 9.67. The molecule has 0 aliphatic rings. The molecule has 0 aliphatic carbocycles. The summed E-state index contributed by atoms with van der Waals surface area (Å²) in [5.41, 5.74) is 0. The smallest absolute Gasteiger partial charge is 0.362 e. The molecule has 0 aromatic heterocycles. The number of carboxylic acid groups (broad SMARTS) is 1. The molecule has 0 saturated carbocycles. The van der Waals surface area contributed by atoms with Crippen molar-refractivity contribution in [3.63, 3.8) is 0 Å². The van der Waals surface area contributed by atoms with E-state index in [4.69, 9.17) is 14.2 Å². The number of unbranched alkanes of at least 4 members (excludes halogenated alkanes) is 23. The van der Waals surface area contributed by atoms with Crippen molar-refractivity contribution < 1.29 is 38.2 Å². The molecule has 8 heteroatoms. The van der Waals surface area contributed by atoms with Crippen LogP contribution in [0.1, 0.15) is 232 Å². The number of hydrogen-bond acceptors (Lipinski definition) is 6. The summed E-state index contributed by atoms with van der Waals surface area (Å²) in [7, 11) is 5.52. The number of rotatable bonds is 49. The molecule has 0 aromatic carbocycles. The number of esters is 2. The van der Waals surface area contributed by atoms with Crippen LogP contribution in [-0.2, 0) is 28.6 Å². The van der Waals surface area contributed by atoms with Gasteiger partial charge in [-0.1, -0.05) is 196 Å². The number of carbonyl (C=O) groups is 3. The van der Waals surface area contributed by atoms with E-state index >= 15 is 0 Å². The number of quaternary nitrogens is 1. The van der Waals surface area contributed by atoms with Crippen molar-refractivity contribution in [3.8, 4) is 0 Å². The molecule has 67 heavy (non-hydrogen) atoms. The number of ether oxygens (including phenoxy) is 3. The largest absolute Gasteiger partial charge is 0.477 e. The molecule has 0 spiro atoms. The first kappa shape index (κ1) is 63.8. The van der Waals surface area contributed by atoms with Crippen LogP contribution in [-0.4, -0.2) is 80.6 Å². The van der Waals surface area contributed by atoms with Crippen LogP contribution in [0.4, 0.5) is 0 Å². The standard InChI is InChI=1S/C59H103NO7/c1-6-8-10-12-14-16-18-20-22-24-26-28-30-31-33-35-37-39-41-43-45-47-49-57(61)66-54-55(53-65-52-51-56(59(63)64)60(3,4)5)67-58(62)50-48-46-44-42-40-38-36-34-32-29-27-25-23-21-19-17-15-13-11-9-7-2/h15,17,21,23,27,29-31,34,36,40,42,55-56H,6-14,16,18-20,22,24-26,28,32-33,35,37-39,41,43-54H2,1-5H3/p+1/b17-15+,23-21+,29-27+,31-30+,36-34+,42-40+. The second-order valence-corrected chi connectivity index (χ2v) is 19.5. The molecule has 2 atom stereocenters. The third-order valence-electron chi connectivity index (χ3n) is 12.1. The molecule has 0 rings (SSSR count). The highest BCUT2D eigenvalue weighted by molar-refractivity contribution is 5.72. The topological polar surface area (TPSA) is 99.1 Å². The number of hydrogen-bond donors (Lipinski definition) is 1. The number of allylic oxidation sites excluding steroid dienone is 12. The summed E-state index contributed by atoms with van der Waals surface area (Å²) in [6.07, 6.45) is 63.9. The van der Waals surface area contributed by atoms with Gasteiger partial charge in [0.05, 0.1) is 34.4 Å². The second-order valence-electron chi connectivity index (χ2n) is 19.5. The molecule has 0 heterocycles. The summed E-state index contributed by atoms with van der Waals surface area (Å²) in [4.78, 5) is 37.2. The van der Waals surface area contributed by atoms with Gasteiger partial charge in [0.2, 0.25) is 0 Å². The molecular formula is C59H104NO7+. The van der Waals surface area contributed by atoms with Crippen LogP contribution in [0.5, 0.6) is 0 Å². The van der Waals surface area contributed by atoms with E-state index < -0.39 is 18.1 Å². The van der Waals surface area contributed by atoms with Gasteiger partial charge in [-0.25, -0.2) is 4.79 Å². The molecule has 0 amide bonds. The fourth-order valence-corrected chi connectivity index (χ4v) is 7.81. The summed E-state index contributed by atoms with van der Waals surface area (Å²) in [6, 6.07) is -0.628. The quantitative estimate of drug-likeness (QED) is 0.0281. The summed E-state index contributed by atoms with van der Waals surface area (Å²) >= 11 is 0. The highest BCUT2D eigenvalue weighted by Gasteiger charge is 2.31. The fourth-order valence-electron chi connectivity index (χ4n) is 7.81. The van der Waals surface area contributed by atoms with Crippen LogP contribution in [0.3, 0.4) is 0 Å². The molecule has 0 bridgehead atoms. The van der Waals surface area contributed by atoms with Gasteiger partial charge in [-0.05, 0) is 89.9 Å². The highest BCUT2D eigenvalue weighted by Crippen LogP contribution is 2.15. The Labute approximate surface area is 412 Å². The Morgan fingerprint density at radius 2 is 0.791 bits per heavy atom. The van der Waals surface area contributed by atoms with Gasteiger partial charge < -0.3 is 23.8 Å². The zero-order chi connectivity index (χ0) is 49.2. The van der Waals surface area contributed by atoms with E-state index in [1.54, 1.807) is 0 Å². The highest BCUT2D eigenvalue weighted by atomic mass is 16.6. The molecule has 1 N–H and O–H groups in total. The van der Waals surface area contributed by atoms with Gasteiger partial charge in [0, 0.05) is 19.3 Å². The first-order chi connectivity index (χ1) is 32.6. The zero-order valence-corrected chi connectivity index (χ0v) is 44.1. The van der Waals surface area contributed by atoms with Crippen LogP contribution >= 0.6 is 0 Å². The van der Waals surface area contributed by atoms with Gasteiger partial charge in [0.25, 0.3) is 0 Å². The molecule has 8 nitrogen and oxygen atoms in total. The Hall–Kier alpha value is -3.23. The second kappa shape index (κ2) is 49.2. The lowest BCUT2D eigenvalue weighted by Gasteiger charge is -2.31. The lowest BCUT2D eigenvalue weighted by molar-refractivity contribution is -0.887. The fraction of sp³-hybridized carbons (Fsp3) is 0.746. The molecular weight excluding hydrogens is 835 g/mol. The van der Waals surface area contributed by atoms with E-state index in [-0.39, 0.29) is 42.7 Å². The summed E-state index contributed by atoms with van der Waals surface area (Å²) < 4.78 is 17.3. The van der Waals surface area contributed by atoms with E-state index in [0.717, 1.165) is 57.8 Å². The summed E-state index contributed by atoms with van der Waals surface area (Å²) in [6.45, 7) is 4.68. The minimum Gasteiger partial charge on any atom is -0.477 e. The van der Waals surface area contributed by atoms with E-state index in [1.165, 1.54) is 135 Å². The van der Waals surface area contributed by atoms with Crippen LogP contribution < -0.4 is 0 Å². The van der Waals surface area contributed by atoms with Crippen LogP contribution in [0, 0.1) is 0 Å². The van der Waals surface area contributed by atoms with Crippen molar-refractivity contribution in [2.75, 3.05) is 41.0 Å². The van der Waals surface area contributed by atoms with E-state index in [9.17, 15) is 19.5 Å². The first-order valence-electron chi connectivity index (χ1n) is 27.5. The molecule has 0 fully saturated rings. The third kappa shape index (κ3) is 47.6. The van der Waals surface area contributed by atoms with Crippen molar-refractivity contribution in [2.45, 2.75) is 244 Å². The van der Waals surface area contributed by atoms with Crippen molar-refractivity contribution in [2.24, 2.45) is 0 Å². The van der Waals surface area contributed by atoms with Gasteiger partial charge >= 0.3 is 17.9 Å². The zero-order valence-electron chi connectivity index (χ0n) is 44.1. The summed E-state index contributed by atoms with van der Waals surface area (Å²) in [5.74, 6) is -1.53.